The van der Waals surface area contributed by atoms with Crippen LogP contribution >= 0.6 is 0 Å². The van der Waals surface area contributed by atoms with Crippen molar-refractivity contribution < 1.29 is 22.3 Å². The van der Waals surface area contributed by atoms with E-state index >= 15 is 0 Å². The predicted molar refractivity (Wildman–Crippen MR) is 53.3 cm³/mol. The summed E-state index contributed by atoms with van der Waals surface area (Å²) in [6, 6.07) is 0. The summed E-state index contributed by atoms with van der Waals surface area (Å²) in [6.45, 7) is 4.97. The highest BCUT2D eigenvalue weighted by Crippen LogP contribution is 2.16. The van der Waals surface area contributed by atoms with Crippen LogP contribution in [-0.2, 0) is 19.6 Å². The molecule has 0 fully saturated rings. The van der Waals surface area contributed by atoms with Crippen molar-refractivity contribution >= 4 is 15.9 Å². The first-order chi connectivity index (χ1) is 6.57. The summed E-state index contributed by atoms with van der Waals surface area (Å²) >= 11 is 0. The van der Waals surface area contributed by atoms with Gasteiger partial charge in [-0.3, -0.25) is 4.79 Å². The summed E-state index contributed by atoms with van der Waals surface area (Å²) in [4.78, 5) is 11.0. The molecule has 1 atom stereocenters. The zero-order chi connectivity index (χ0) is 12.3. The Balaban J connectivity index is 4.35. The average Bonchev–Trinajstić information content (AvgIpc) is 2.00. The van der Waals surface area contributed by atoms with E-state index in [4.69, 9.17) is 4.74 Å². The quantitative estimate of drug-likeness (QED) is 0.763. The summed E-state index contributed by atoms with van der Waals surface area (Å²) in [5, 5.41) is 0. The smallest absolute Gasteiger partial charge is 0.295 e. The third kappa shape index (κ3) is 6.40. The molecule has 1 N–H and O–H groups in total. The number of carbonyl (C=O) groups excluding carboxylic acids is 1. The Morgan fingerprint density at radius 1 is 1.53 bits per heavy atom. The van der Waals surface area contributed by atoms with Gasteiger partial charge in [0, 0.05) is 0 Å². The SMILES string of the molecule is CCC(C)(C)OC(F)C(=O)NS(C)(=O)=O. The monoisotopic (exact) mass is 241 g/mol. The van der Waals surface area contributed by atoms with Gasteiger partial charge in [0.15, 0.2) is 0 Å². The Labute approximate surface area is 89.0 Å². The Morgan fingerprint density at radius 2 is 2.00 bits per heavy atom. The summed E-state index contributed by atoms with van der Waals surface area (Å²) in [5.74, 6) is -1.31. The first kappa shape index (κ1) is 14.3. The molecule has 7 heteroatoms. The fraction of sp³-hybridized carbons (Fsp3) is 0.875. The van der Waals surface area contributed by atoms with E-state index in [0.29, 0.717) is 6.42 Å². The van der Waals surface area contributed by atoms with Crippen molar-refractivity contribution in [3.8, 4) is 0 Å². The van der Waals surface area contributed by atoms with E-state index in [2.05, 4.69) is 0 Å². The van der Waals surface area contributed by atoms with Gasteiger partial charge in [-0.15, -0.1) is 0 Å². The number of alkyl halides is 1. The lowest BCUT2D eigenvalue weighted by Gasteiger charge is -2.24. The van der Waals surface area contributed by atoms with Gasteiger partial charge >= 0.3 is 0 Å². The zero-order valence-electron chi connectivity index (χ0n) is 9.20. The van der Waals surface area contributed by atoms with Gasteiger partial charge in [0.05, 0.1) is 11.9 Å². The van der Waals surface area contributed by atoms with Crippen molar-refractivity contribution in [2.24, 2.45) is 0 Å². The number of rotatable bonds is 5. The lowest BCUT2D eigenvalue weighted by molar-refractivity contribution is -0.164. The van der Waals surface area contributed by atoms with Gasteiger partial charge in [-0.2, -0.15) is 0 Å². The van der Waals surface area contributed by atoms with Gasteiger partial charge in [0.1, 0.15) is 0 Å². The Morgan fingerprint density at radius 3 is 2.33 bits per heavy atom. The number of sulfonamides is 1. The van der Waals surface area contributed by atoms with Gasteiger partial charge in [-0.1, -0.05) is 6.92 Å². The van der Waals surface area contributed by atoms with Crippen molar-refractivity contribution in [2.75, 3.05) is 6.26 Å². The lowest BCUT2D eigenvalue weighted by atomic mass is 10.1. The molecule has 0 aromatic rings. The molecule has 0 heterocycles. The maximum atomic E-state index is 13.1. The number of carbonyl (C=O) groups is 1. The number of ether oxygens (including phenoxy) is 1. The van der Waals surface area contributed by atoms with Crippen LogP contribution in [0.3, 0.4) is 0 Å². The van der Waals surface area contributed by atoms with Gasteiger partial charge in [-0.05, 0) is 20.3 Å². The van der Waals surface area contributed by atoms with E-state index in [-0.39, 0.29) is 0 Å². The van der Waals surface area contributed by atoms with E-state index in [1.54, 1.807) is 20.8 Å². The minimum Gasteiger partial charge on any atom is -0.335 e. The van der Waals surface area contributed by atoms with Crippen molar-refractivity contribution in [3.63, 3.8) is 0 Å². The van der Waals surface area contributed by atoms with E-state index < -0.39 is 27.9 Å². The van der Waals surface area contributed by atoms with Gasteiger partial charge < -0.3 is 4.74 Å². The number of nitrogens with one attached hydrogen (secondary N) is 1. The van der Waals surface area contributed by atoms with Gasteiger partial charge in [0.25, 0.3) is 12.3 Å². The molecule has 15 heavy (non-hydrogen) atoms. The predicted octanol–water partition coefficient (Wildman–Crippen LogP) is 0.563. The summed E-state index contributed by atoms with van der Waals surface area (Å²) in [6.07, 6.45) is -1.02. The number of hydrogen-bond acceptors (Lipinski definition) is 4. The molecule has 0 aliphatic rings. The highest BCUT2D eigenvalue weighted by molar-refractivity contribution is 7.89. The first-order valence-electron chi connectivity index (χ1n) is 4.41. The Kier molecular flexibility index (Phi) is 4.66. The molecule has 90 valence electrons. The maximum absolute atomic E-state index is 13.1. The highest BCUT2D eigenvalue weighted by atomic mass is 32.2. The second-order valence-corrected chi connectivity index (χ2v) is 5.53. The van der Waals surface area contributed by atoms with E-state index in [0.717, 1.165) is 6.26 Å². The van der Waals surface area contributed by atoms with E-state index in [1.807, 2.05) is 0 Å². The van der Waals surface area contributed by atoms with Gasteiger partial charge in [0.2, 0.25) is 10.0 Å². The minimum atomic E-state index is -3.75. The molecule has 1 amide bonds. The highest BCUT2D eigenvalue weighted by Gasteiger charge is 2.28. The van der Waals surface area contributed by atoms with Crippen molar-refractivity contribution in [3.05, 3.63) is 0 Å². The fourth-order valence-corrected chi connectivity index (χ4v) is 1.10. The zero-order valence-corrected chi connectivity index (χ0v) is 10.0. The summed E-state index contributed by atoms with van der Waals surface area (Å²) in [5.41, 5.74) is -0.811. The molecule has 0 rings (SSSR count). The van der Waals surface area contributed by atoms with E-state index in [9.17, 15) is 17.6 Å². The van der Waals surface area contributed by atoms with Crippen LogP contribution in [0.4, 0.5) is 4.39 Å². The normalized spacial score (nSPS) is 14.7. The molecular weight excluding hydrogens is 225 g/mol. The third-order valence-corrected chi connectivity index (χ3v) is 2.34. The lowest BCUT2D eigenvalue weighted by Crippen LogP contribution is -2.41. The molecule has 0 saturated carbocycles. The topological polar surface area (TPSA) is 72.5 Å². The molecule has 5 nitrogen and oxygen atoms in total. The Hall–Kier alpha value is -0.690. The summed E-state index contributed by atoms with van der Waals surface area (Å²) < 4.78 is 40.6. The molecular formula is C8H16FNO4S. The van der Waals surface area contributed by atoms with Gasteiger partial charge in [-0.25, -0.2) is 17.5 Å². The van der Waals surface area contributed by atoms with Crippen LogP contribution in [0.1, 0.15) is 27.2 Å². The molecule has 0 radical (unpaired) electrons. The molecule has 0 aliphatic carbocycles. The first-order valence-corrected chi connectivity index (χ1v) is 6.30. The number of amides is 1. The van der Waals surface area contributed by atoms with E-state index in [1.165, 1.54) is 4.72 Å². The molecule has 0 bridgehead atoms. The van der Waals surface area contributed by atoms with Crippen LogP contribution in [0, 0.1) is 0 Å². The van der Waals surface area contributed by atoms with Crippen LogP contribution < -0.4 is 4.72 Å². The standard InChI is InChI=1S/C8H16FNO4S/c1-5-8(2,3)14-6(9)7(11)10-15(4,12)13/h6H,5H2,1-4H3,(H,10,11). The second kappa shape index (κ2) is 4.89. The summed E-state index contributed by atoms with van der Waals surface area (Å²) in [7, 11) is -3.75. The molecule has 0 aromatic heterocycles. The van der Waals surface area contributed by atoms with Crippen LogP contribution in [0.15, 0.2) is 0 Å². The fourth-order valence-electron chi connectivity index (χ4n) is 0.646. The number of halogens is 1. The Bertz CT molecular complexity index is 326. The molecule has 1 unspecified atom stereocenters. The van der Waals surface area contributed by atoms with Crippen LogP contribution in [0.5, 0.6) is 0 Å². The maximum Gasteiger partial charge on any atom is 0.295 e. The average molecular weight is 241 g/mol. The second-order valence-electron chi connectivity index (χ2n) is 3.79. The number of hydrogen-bond donors (Lipinski definition) is 1. The van der Waals surface area contributed by atoms with Crippen LogP contribution in [0.2, 0.25) is 0 Å². The van der Waals surface area contributed by atoms with Crippen LogP contribution in [-0.4, -0.2) is 32.5 Å². The molecule has 0 aliphatic heterocycles. The minimum absolute atomic E-state index is 0.500. The molecule has 0 saturated heterocycles. The molecule has 0 spiro atoms. The largest absolute Gasteiger partial charge is 0.335 e. The molecule has 0 aromatic carbocycles. The van der Waals surface area contributed by atoms with Crippen molar-refractivity contribution in [1.82, 2.24) is 4.72 Å². The van der Waals surface area contributed by atoms with Crippen molar-refractivity contribution in [2.45, 2.75) is 39.2 Å². The van der Waals surface area contributed by atoms with Crippen molar-refractivity contribution in [1.29, 1.82) is 0 Å². The van der Waals surface area contributed by atoms with Crippen LogP contribution in [0.25, 0.3) is 0 Å². The third-order valence-electron chi connectivity index (χ3n) is 1.77.